The summed E-state index contributed by atoms with van der Waals surface area (Å²) in [5.74, 6) is 0.577. The molecule has 60 valence electrons. The van der Waals surface area contributed by atoms with Gasteiger partial charge in [-0.2, -0.15) is 0 Å². The summed E-state index contributed by atoms with van der Waals surface area (Å²) in [4.78, 5) is 0. The normalized spacial score (nSPS) is 11.4. The maximum atomic E-state index is 7.42. The molecule has 0 amide bonds. The molecule has 0 atom stereocenters. The summed E-state index contributed by atoms with van der Waals surface area (Å²) >= 11 is 0. The fourth-order valence-electron chi connectivity index (χ4n) is 0.908. The highest BCUT2D eigenvalue weighted by atomic mass is 32.2. The predicted octanol–water partition coefficient (Wildman–Crippen LogP) is 2.50. The Morgan fingerprint density at radius 2 is 1.73 bits per heavy atom. The zero-order valence-electron chi connectivity index (χ0n) is 6.50. The van der Waals surface area contributed by atoms with Gasteiger partial charge in [0.05, 0.1) is 0 Å². The molecule has 0 aliphatic heterocycles. The van der Waals surface area contributed by atoms with Crippen LogP contribution in [0.3, 0.4) is 0 Å². The molecule has 0 unspecified atom stereocenters. The van der Waals surface area contributed by atoms with Gasteiger partial charge in [0.2, 0.25) is 0 Å². The number of rotatable bonds is 2. The van der Waals surface area contributed by atoms with Crippen molar-refractivity contribution < 1.29 is 0 Å². The van der Waals surface area contributed by atoms with Crippen molar-refractivity contribution in [3.63, 3.8) is 0 Å². The van der Waals surface area contributed by atoms with Crippen LogP contribution in [0.15, 0.2) is 30.3 Å². The Hall–Kier alpha value is -0.830. The quantitative estimate of drug-likeness (QED) is 0.681. The number of hydrogen-bond donors (Lipinski definition) is 2. The summed E-state index contributed by atoms with van der Waals surface area (Å²) in [5.41, 5.74) is 1.09. The van der Waals surface area contributed by atoms with E-state index in [2.05, 4.69) is 0 Å². The van der Waals surface area contributed by atoms with E-state index < -0.39 is 9.62 Å². The van der Waals surface area contributed by atoms with E-state index in [-0.39, 0.29) is 0 Å². The lowest BCUT2D eigenvalue weighted by Crippen LogP contribution is -1.95. The minimum Gasteiger partial charge on any atom is -0.270 e. The van der Waals surface area contributed by atoms with Gasteiger partial charge < -0.3 is 0 Å². The van der Waals surface area contributed by atoms with Crippen molar-refractivity contribution in [3.8, 4) is 0 Å². The van der Waals surface area contributed by atoms with Crippen molar-refractivity contribution in [1.29, 1.82) is 9.56 Å². The topological polar surface area (TPSA) is 47.7 Å². The maximum Gasteiger partial charge on any atom is 0.0378 e. The largest absolute Gasteiger partial charge is 0.270 e. The third-order valence-electron chi connectivity index (χ3n) is 1.30. The Kier molecular flexibility index (Phi) is 2.29. The minimum atomic E-state index is -1.88. The minimum absolute atomic E-state index is 0.577. The molecule has 0 fully saturated rings. The highest BCUT2D eigenvalue weighted by molar-refractivity contribution is 7.91. The standard InChI is InChI=1S/C8H12N2S/c1-11(9,10)7-8-5-3-2-4-6-8/h2-6,9-10H,7H2,1H3. The van der Waals surface area contributed by atoms with Crippen LogP contribution < -0.4 is 0 Å². The van der Waals surface area contributed by atoms with Gasteiger partial charge >= 0.3 is 0 Å². The van der Waals surface area contributed by atoms with Gasteiger partial charge in [-0.15, -0.1) is 0 Å². The smallest absolute Gasteiger partial charge is 0.0378 e. The Balaban J connectivity index is 2.82. The van der Waals surface area contributed by atoms with Gasteiger partial charge in [-0.3, -0.25) is 9.56 Å². The van der Waals surface area contributed by atoms with Crippen molar-refractivity contribution in [2.45, 2.75) is 5.75 Å². The Morgan fingerprint density at radius 3 is 2.18 bits per heavy atom. The molecular weight excluding hydrogens is 156 g/mol. The third-order valence-corrected chi connectivity index (χ3v) is 2.21. The second-order valence-electron chi connectivity index (χ2n) is 2.72. The van der Waals surface area contributed by atoms with E-state index in [4.69, 9.17) is 9.56 Å². The molecule has 0 saturated carbocycles. The zero-order chi connectivity index (χ0) is 8.32. The predicted molar refractivity (Wildman–Crippen MR) is 48.9 cm³/mol. The molecule has 0 aliphatic rings. The Labute approximate surface area is 67.7 Å². The molecule has 0 aromatic heterocycles. The lowest BCUT2D eigenvalue weighted by atomic mass is 10.2. The first kappa shape index (κ1) is 8.27. The summed E-state index contributed by atoms with van der Waals surface area (Å²) in [6, 6.07) is 9.77. The van der Waals surface area contributed by atoms with Gasteiger partial charge in [0.1, 0.15) is 0 Å². The average Bonchev–Trinajstić information content (AvgIpc) is 1.85. The molecule has 1 aromatic rings. The van der Waals surface area contributed by atoms with Crippen LogP contribution in [-0.2, 0) is 15.4 Å². The monoisotopic (exact) mass is 168 g/mol. The van der Waals surface area contributed by atoms with Gasteiger partial charge in [-0.1, -0.05) is 40.0 Å². The first-order valence-electron chi connectivity index (χ1n) is 3.37. The van der Waals surface area contributed by atoms with Crippen LogP contribution in [-0.4, -0.2) is 6.26 Å². The second kappa shape index (κ2) is 3.05. The van der Waals surface area contributed by atoms with Gasteiger partial charge in [-0.25, -0.2) is 0 Å². The van der Waals surface area contributed by atoms with Crippen LogP contribution in [0.1, 0.15) is 5.56 Å². The van der Waals surface area contributed by atoms with Gasteiger partial charge in [0, 0.05) is 12.0 Å². The Bertz CT molecular complexity index is 313. The highest BCUT2D eigenvalue weighted by Crippen LogP contribution is 2.04. The van der Waals surface area contributed by atoms with Crippen LogP contribution in [0.2, 0.25) is 0 Å². The van der Waals surface area contributed by atoms with E-state index in [1.54, 1.807) is 6.26 Å². The van der Waals surface area contributed by atoms with Crippen LogP contribution in [0.5, 0.6) is 0 Å². The molecule has 0 radical (unpaired) electrons. The van der Waals surface area contributed by atoms with E-state index in [0.717, 1.165) is 5.56 Å². The average molecular weight is 168 g/mol. The van der Waals surface area contributed by atoms with Crippen molar-refractivity contribution in [2.24, 2.45) is 0 Å². The van der Waals surface area contributed by atoms with Crippen LogP contribution in [0, 0.1) is 9.56 Å². The molecule has 1 rings (SSSR count). The number of nitrogens with one attached hydrogen (secondary N) is 2. The van der Waals surface area contributed by atoms with Crippen molar-refractivity contribution in [2.75, 3.05) is 6.26 Å². The third kappa shape index (κ3) is 3.18. The van der Waals surface area contributed by atoms with E-state index in [0.29, 0.717) is 5.75 Å². The molecule has 0 spiro atoms. The van der Waals surface area contributed by atoms with Crippen molar-refractivity contribution in [1.82, 2.24) is 0 Å². The van der Waals surface area contributed by atoms with Crippen LogP contribution in [0.25, 0.3) is 0 Å². The summed E-state index contributed by atoms with van der Waals surface area (Å²) in [6.45, 7) is 0. The van der Waals surface area contributed by atoms with Gasteiger partial charge in [0.25, 0.3) is 0 Å². The lowest BCUT2D eigenvalue weighted by molar-refractivity contribution is 1.35. The van der Waals surface area contributed by atoms with Crippen LogP contribution >= 0.6 is 0 Å². The van der Waals surface area contributed by atoms with Gasteiger partial charge in [0.15, 0.2) is 0 Å². The summed E-state index contributed by atoms with van der Waals surface area (Å²) in [7, 11) is -1.88. The molecule has 11 heavy (non-hydrogen) atoms. The fourth-order valence-corrected chi connectivity index (χ4v) is 1.77. The molecule has 0 saturated heterocycles. The molecule has 2 N–H and O–H groups in total. The second-order valence-corrected chi connectivity index (χ2v) is 5.18. The molecule has 0 bridgehead atoms. The maximum absolute atomic E-state index is 7.42. The number of benzene rings is 1. The van der Waals surface area contributed by atoms with Crippen LogP contribution in [0.4, 0.5) is 0 Å². The van der Waals surface area contributed by atoms with E-state index >= 15 is 0 Å². The SMILES string of the molecule is CS(=N)(=N)Cc1ccccc1. The number of hydrogen-bond acceptors (Lipinski definition) is 2. The first-order chi connectivity index (χ1) is 5.08. The Morgan fingerprint density at radius 1 is 1.18 bits per heavy atom. The van der Waals surface area contributed by atoms with E-state index in [1.807, 2.05) is 30.3 Å². The molecule has 1 aromatic carbocycles. The van der Waals surface area contributed by atoms with Crippen molar-refractivity contribution in [3.05, 3.63) is 35.9 Å². The fraction of sp³-hybridized carbons (Fsp3) is 0.250. The highest BCUT2D eigenvalue weighted by Gasteiger charge is 1.94. The van der Waals surface area contributed by atoms with E-state index in [1.165, 1.54) is 0 Å². The summed E-state index contributed by atoms with van der Waals surface area (Å²) in [5, 5.41) is 0. The lowest BCUT2D eigenvalue weighted by Gasteiger charge is -2.02. The molecule has 0 heterocycles. The van der Waals surface area contributed by atoms with Crippen molar-refractivity contribution >= 4 is 9.62 Å². The molecular formula is C8H12N2S. The molecule has 2 nitrogen and oxygen atoms in total. The van der Waals surface area contributed by atoms with Gasteiger partial charge in [-0.05, 0) is 5.56 Å². The zero-order valence-corrected chi connectivity index (χ0v) is 7.32. The first-order valence-corrected chi connectivity index (χ1v) is 5.58. The molecule has 3 heteroatoms. The van der Waals surface area contributed by atoms with E-state index in [9.17, 15) is 0 Å². The summed E-state index contributed by atoms with van der Waals surface area (Å²) < 4.78 is 14.8. The molecule has 0 aliphatic carbocycles. The summed E-state index contributed by atoms with van der Waals surface area (Å²) in [6.07, 6.45) is 1.68.